The summed E-state index contributed by atoms with van der Waals surface area (Å²) < 4.78 is 20.3. The molecule has 0 fully saturated rings. The lowest BCUT2D eigenvalue weighted by Crippen LogP contribution is -1.96. The fourth-order valence-electron chi connectivity index (χ4n) is 2.07. The highest BCUT2D eigenvalue weighted by molar-refractivity contribution is 7.47. The summed E-state index contributed by atoms with van der Waals surface area (Å²) in [5, 5.41) is 0. The Morgan fingerprint density at radius 1 is 0.760 bits per heavy atom. The van der Waals surface area contributed by atoms with Crippen molar-refractivity contribution in [2.45, 2.75) is 6.92 Å². The minimum atomic E-state index is -3.91. The van der Waals surface area contributed by atoms with Crippen LogP contribution in [0, 0.1) is 0 Å². The Hall–Kier alpha value is -2.39. The maximum absolute atomic E-state index is 11.1. The van der Waals surface area contributed by atoms with Gasteiger partial charge in [-0.25, -0.2) is 4.57 Å². The minimum absolute atomic E-state index is 0.139. The molecule has 0 bridgehead atoms. The van der Waals surface area contributed by atoms with Crippen molar-refractivity contribution >= 4 is 7.82 Å². The molecule has 0 aliphatic rings. The number of rotatable bonds is 5. The van der Waals surface area contributed by atoms with Gasteiger partial charge in [-0.3, -0.25) is 9.42 Å². The van der Waals surface area contributed by atoms with Gasteiger partial charge in [-0.15, -0.1) is 0 Å². The van der Waals surface area contributed by atoms with Gasteiger partial charge in [0.15, 0.2) is 0 Å². The molecule has 0 spiro atoms. The van der Waals surface area contributed by atoms with Crippen LogP contribution in [0.3, 0.4) is 0 Å². The van der Waals surface area contributed by atoms with Crippen molar-refractivity contribution in [1.82, 2.24) is 0 Å². The summed E-state index contributed by atoms with van der Waals surface area (Å²) in [6, 6.07) is 29.2. The maximum atomic E-state index is 11.1. The molecule has 25 heavy (non-hydrogen) atoms. The van der Waals surface area contributed by atoms with Crippen LogP contribution in [0.5, 0.6) is 5.75 Å². The van der Waals surface area contributed by atoms with E-state index in [0.29, 0.717) is 5.75 Å². The van der Waals surface area contributed by atoms with E-state index in [0.717, 1.165) is 0 Å². The van der Waals surface area contributed by atoms with Crippen LogP contribution >= 0.6 is 7.82 Å². The molecule has 1 atom stereocenters. The molecule has 3 aromatic rings. The van der Waals surface area contributed by atoms with E-state index in [1.54, 1.807) is 37.3 Å². The summed E-state index contributed by atoms with van der Waals surface area (Å²) in [5.41, 5.74) is 2.55. The molecule has 0 aliphatic heterocycles. The Morgan fingerprint density at radius 3 is 1.56 bits per heavy atom. The van der Waals surface area contributed by atoms with Gasteiger partial charge in [-0.1, -0.05) is 78.9 Å². The summed E-state index contributed by atoms with van der Waals surface area (Å²) in [6.07, 6.45) is 0. The highest BCUT2D eigenvalue weighted by Gasteiger charge is 2.21. The molecule has 3 aromatic carbocycles. The predicted octanol–water partition coefficient (Wildman–Crippen LogP) is 5.56. The van der Waals surface area contributed by atoms with Crippen LogP contribution in [0.15, 0.2) is 91.0 Å². The van der Waals surface area contributed by atoms with Crippen molar-refractivity contribution in [3.8, 4) is 16.9 Å². The van der Waals surface area contributed by atoms with Crippen molar-refractivity contribution < 1.29 is 18.5 Å². The zero-order valence-electron chi connectivity index (χ0n) is 14.0. The van der Waals surface area contributed by atoms with Crippen LogP contribution in [0.2, 0.25) is 0 Å². The second kappa shape index (κ2) is 9.80. The number of hydrogen-bond donors (Lipinski definition) is 1. The third kappa shape index (κ3) is 6.94. The molecular formula is C20H21O4P. The molecular weight excluding hydrogens is 335 g/mol. The van der Waals surface area contributed by atoms with E-state index in [4.69, 9.17) is 9.42 Å². The summed E-state index contributed by atoms with van der Waals surface area (Å²) in [6.45, 7) is 1.76. The number of benzene rings is 3. The van der Waals surface area contributed by atoms with E-state index in [9.17, 15) is 4.57 Å². The quantitative estimate of drug-likeness (QED) is 0.609. The third-order valence-corrected chi connectivity index (χ3v) is 4.16. The first-order chi connectivity index (χ1) is 12.1. The molecule has 0 aliphatic carbocycles. The van der Waals surface area contributed by atoms with Gasteiger partial charge in [-0.05, 0) is 30.2 Å². The van der Waals surface area contributed by atoms with Gasteiger partial charge in [-0.2, -0.15) is 0 Å². The van der Waals surface area contributed by atoms with E-state index >= 15 is 0 Å². The Kier molecular flexibility index (Phi) is 7.42. The summed E-state index contributed by atoms with van der Waals surface area (Å²) in [7, 11) is -3.91. The molecule has 4 nitrogen and oxygen atoms in total. The fraction of sp³-hybridized carbons (Fsp3) is 0.100. The van der Waals surface area contributed by atoms with Crippen LogP contribution < -0.4 is 4.52 Å². The first-order valence-electron chi connectivity index (χ1n) is 7.93. The molecule has 3 rings (SSSR count). The van der Waals surface area contributed by atoms with E-state index in [-0.39, 0.29) is 6.61 Å². The van der Waals surface area contributed by atoms with Crippen molar-refractivity contribution in [3.05, 3.63) is 91.0 Å². The standard InChI is InChI=1S/C12H10.C8H11O4P/c1-3-7-11(8-4-1)12-9-5-2-6-10-12;1-2-11-13(9,10)12-8-6-4-3-5-7-8/h1-10H;3-7H,2H2,1H3,(H,9,10). The maximum Gasteiger partial charge on any atom is 0.527 e. The monoisotopic (exact) mass is 356 g/mol. The van der Waals surface area contributed by atoms with Gasteiger partial charge in [0, 0.05) is 0 Å². The van der Waals surface area contributed by atoms with Crippen LogP contribution in [0.25, 0.3) is 11.1 Å². The lowest BCUT2D eigenvalue weighted by molar-refractivity contribution is 0.213. The molecule has 5 heteroatoms. The van der Waals surface area contributed by atoms with E-state index in [2.05, 4.69) is 53.1 Å². The van der Waals surface area contributed by atoms with Crippen LogP contribution in [0.1, 0.15) is 6.92 Å². The molecule has 0 aromatic heterocycles. The SMILES string of the molecule is CCOP(=O)(O)Oc1ccccc1.c1ccc(-c2ccccc2)cc1. The number of para-hydroxylation sites is 1. The molecule has 0 saturated heterocycles. The molecule has 130 valence electrons. The number of hydrogen-bond acceptors (Lipinski definition) is 3. The second-order valence-corrected chi connectivity index (χ2v) is 6.40. The van der Waals surface area contributed by atoms with Crippen molar-refractivity contribution in [1.29, 1.82) is 0 Å². The first-order valence-corrected chi connectivity index (χ1v) is 9.43. The lowest BCUT2D eigenvalue weighted by Gasteiger charge is -2.11. The average molecular weight is 356 g/mol. The molecule has 0 radical (unpaired) electrons. The summed E-state index contributed by atoms with van der Waals surface area (Å²) >= 11 is 0. The van der Waals surface area contributed by atoms with Crippen molar-refractivity contribution in [3.63, 3.8) is 0 Å². The average Bonchev–Trinajstić information content (AvgIpc) is 2.64. The Morgan fingerprint density at radius 2 is 1.16 bits per heavy atom. The zero-order chi connectivity index (χ0) is 18.0. The van der Waals surface area contributed by atoms with Crippen LogP contribution in [-0.2, 0) is 9.09 Å². The number of phosphoric acid groups is 1. The van der Waals surface area contributed by atoms with Gasteiger partial charge in [0.1, 0.15) is 5.75 Å². The molecule has 0 heterocycles. The molecule has 0 amide bonds. The smallest absolute Gasteiger partial charge is 0.404 e. The highest BCUT2D eigenvalue weighted by Crippen LogP contribution is 2.43. The third-order valence-electron chi connectivity index (χ3n) is 3.14. The molecule has 0 saturated carbocycles. The largest absolute Gasteiger partial charge is 0.527 e. The van der Waals surface area contributed by atoms with Crippen molar-refractivity contribution in [2.75, 3.05) is 6.61 Å². The van der Waals surface area contributed by atoms with E-state index < -0.39 is 7.82 Å². The van der Waals surface area contributed by atoms with Gasteiger partial charge >= 0.3 is 7.82 Å². The topological polar surface area (TPSA) is 55.8 Å². The summed E-state index contributed by atoms with van der Waals surface area (Å²) in [5.74, 6) is 0.321. The lowest BCUT2D eigenvalue weighted by atomic mass is 10.1. The van der Waals surface area contributed by atoms with Crippen LogP contribution in [0.4, 0.5) is 0 Å². The van der Waals surface area contributed by atoms with E-state index in [1.165, 1.54) is 11.1 Å². The fourth-order valence-corrected chi connectivity index (χ4v) is 2.83. The summed E-state index contributed by atoms with van der Waals surface area (Å²) in [4.78, 5) is 9.08. The second-order valence-electron chi connectivity index (χ2n) is 5.02. The zero-order valence-corrected chi connectivity index (χ0v) is 14.9. The van der Waals surface area contributed by atoms with Crippen molar-refractivity contribution in [2.24, 2.45) is 0 Å². The van der Waals surface area contributed by atoms with Gasteiger partial charge in [0.05, 0.1) is 6.61 Å². The number of phosphoric ester groups is 1. The van der Waals surface area contributed by atoms with Gasteiger partial charge in [0.25, 0.3) is 0 Å². The first kappa shape index (κ1) is 18.9. The Labute approximate surface area is 148 Å². The van der Waals surface area contributed by atoms with Crippen LogP contribution in [-0.4, -0.2) is 11.5 Å². The predicted molar refractivity (Wildman–Crippen MR) is 100 cm³/mol. The van der Waals surface area contributed by atoms with Gasteiger partial charge < -0.3 is 4.52 Å². The normalized spacial score (nSPS) is 12.4. The Balaban J connectivity index is 0.000000181. The van der Waals surface area contributed by atoms with Gasteiger partial charge in [0.2, 0.25) is 0 Å². The molecule has 1 N–H and O–H groups in total. The minimum Gasteiger partial charge on any atom is -0.404 e. The highest BCUT2D eigenvalue weighted by atomic mass is 31.2. The Bertz CT molecular complexity index is 739. The van der Waals surface area contributed by atoms with E-state index in [1.807, 2.05) is 12.1 Å². The molecule has 1 unspecified atom stereocenters.